The Morgan fingerprint density at radius 3 is 2.47 bits per heavy atom. The summed E-state index contributed by atoms with van der Waals surface area (Å²) in [4.78, 5) is 18.2. The maximum absolute atomic E-state index is 12.2. The summed E-state index contributed by atoms with van der Waals surface area (Å²) < 4.78 is 45.8. The molecule has 1 heterocycles. The molecule has 0 radical (unpaired) electrons. The van der Waals surface area contributed by atoms with Crippen LogP contribution >= 0.6 is 24.0 Å². The van der Waals surface area contributed by atoms with Crippen molar-refractivity contribution in [2.75, 3.05) is 25.0 Å². The van der Waals surface area contributed by atoms with Gasteiger partial charge in [0.25, 0.3) is 0 Å². The van der Waals surface area contributed by atoms with E-state index in [0.29, 0.717) is 25.3 Å². The number of rotatable bonds is 4. The Bertz CT molecular complexity index is 721. The molecule has 30 heavy (non-hydrogen) atoms. The molecule has 11 heteroatoms. The monoisotopic (exact) mass is 544 g/mol. The highest BCUT2D eigenvalue weighted by Crippen LogP contribution is 2.24. The number of guanidine groups is 1. The Morgan fingerprint density at radius 2 is 1.90 bits per heavy atom. The van der Waals surface area contributed by atoms with E-state index in [1.165, 1.54) is 24.3 Å². The lowest BCUT2D eigenvalue weighted by Gasteiger charge is -2.33. The number of carbonyl (C=O) groups excluding carboxylic acids is 1. The minimum Gasteiger partial charge on any atom is -0.444 e. The molecule has 7 nitrogen and oxygen atoms in total. The maximum atomic E-state index is 12.2. The number of carbonyl (C=O) groups is 1. The van der Waals surface area contributed by atoms with Crippen LogP contribution in [0.5, 0.6) is 5.75 Å². The average Bonchev–Trinajstić information content (AvgIpc) is 2.59. The first-order valence-corrected chi connectivity index (χ1v) is 9.32. The summed E-state index contributed by atoms with van der Waals surface area (Å²) in [6.45, 7) is 7.08. The van der Waals surface area contributed by atoms with E-state index in [1.54, 1.807) is 4.90 Å². The molecule has 0 aromatic heterocycles. The number of amides is 1. The van der Waals surface area contributed by atoms with E-state index in [4.69, 9.17) is 10.5 Å². The van der Waals surface area contributed by atoms with Gasteiger partial charge in [0.05, 0.1) is 0 Å². The lowest BCUT2D eigenvalue weighted by molar-refractivity contribution is -0.274. The van der Waals surface area contributed by atoms with Crippen molar-refractivity contribution >= 4 is 41.7 Å². The van der Waals surface area contributed by atoms with Crippen LogP contribution in [0, 0.1) is 5.92 Å². The summed E-state index contributed by atoms with van der Waals surface area (Å²) in [6.07, 6.45) is -3.30. The molecule has 0 bridgehead atoms. The Kier molecular flexibility index (Phi) is 9.50. The van der Waals surface area contributed by atoms with E-state index in [1.807, 2.05) is 20.8 Å². The van der Waals surface area contributed by atoms with Gasteiger partial charge in [0.1, 0.15) is 11.4 Å². The van der Waals surface area contributed by atoms with Crippen molar-refractivity contribution in [1.29, 1.82) is 0 Å². The minimum atomic E-state index is -4.73. The van der Waals surface area contributed by atoms with Crippen LogP contribution in [-0.4, -0.2) is 48.6 Å². The van der Waals surface area contributed by atoms with Gasteiger partial charge in [-0.15, -0.1) is 37.1 Å². The molecule has 1 aliphatic rings. The molecule has 0 spiro atoms. The summed E-state index contributed by atoms with van der Waals surface area (Å²) in [5.41, 5.74) is 5.80. The number of hydrogen-bond acceptors (Lipinski definition) is 4. The van der Waals surface area contributed by atoms with Crippen molar-refractivity contribution < 1.29 is 27.4 Å². The van der Waals surface area contributed by atoms with Crippen LogP contribution in [-0.2, 0) is 4.74 Å². The van der Waals surface area contributed by atoms with Crippen molar-refractivity contribution in [1.82, 2.24) is 4.90 Å². The predicted molar refractivity (Wildman–Crippen MR) is 119 cm³/mol. The van der Waals surface area contributed by atoms with Gasteiger partial charge in [0.15, 0.2) is 5.96 Å². The van der Waals surface area contributed by atoms with Crippen LogP contribution in [0.15, 0.2) is 29.3 Å². The Labute approximate surface area is 191 Å². The number of alkyl halides is 3. The van der Waals surface area contributed by atoms with E-state index in [2.05, 4.69) is 15.0 Å². The topological polar surface area (TPSA) is 89.2 Å². The number of aliphatic imine (C=N–C) groups is 1. The highest BCUT2D eigenvalue weighted by Gasteiger charge is 2.31. The Hall–Kier alpha value is -1.92. The van der Waals surface area contributed by atoms with Gasteiger partial charge in [-0.05, 0) is 63.8 Å². The molecular formula is C19H28F3IN4O3. The van der Waals surface area contributed by atoms with E-state index in [9.17, 15) is 18.0 Å². The number of anilines is 1. The van der Waals surface area contributed by atoms with Crippen LogP contribution in [0.2, 0.25) is 0 Å². The summed E-state index contributed by atoms with van der Waals surface area (Å²) in [7, 11) is 0. The zero-order valence-corrected chi connectivity index (χ0v) is 19.5. The molecule has 1 saturated heterocycles. The van der Waals surface area contributed by atoms with Crippen LogP contribution in [0.4, 0.5) is 23.7 Å². The van der Waals surface area contributed by atoms with Crippen LogP contribution < -0.4 is 15.8 Å². The summed E-state index contributed by atoms with van der Waals surface area (Å²) in [6, 6.07) is 5.19. The fraction of sp³-hybridized carbons (Fsp3) is 0.579. The van der Waals surface area contributed by atoms with Gasteiger partial charge in [-0.25, -0.2) is 4.79 Å². The normalized spacial score (nSPS) is 17.7. The molecule has 1 aromatic carbocycles. The predicted octanol–water partition coefficient (Wildman–Crippen LogP) is 4.58. The van der Waals surface area contributed by atoms with Crippen molar-refractivity contribution in [2.24, 2.45) is 16.6 Å². The highest BCUT2D eigenvalue weighted by atomic mass is 127. The first-order chi connectivity index (χ1) is 13.4. The van der Waals surface area contributed by atoms with Crippen LogP contribution in [0.3, 0.4) is 0 Å². The molecular weight excluding hydrogens is 516 g/mol. The molecule has 3 N–H and O–H groups in total. The van der Waals surface area contributed by atoms with Gasteiger partial charge >= 0.3 is 12.5 Å². The standard InChI is InChI=1S/C19H27F3N4O3.HI/c1-18(2,3)29-17(27)26-10-4-5-13(12-26)11-24-16(23)25-14-6-8-15(9-7-14)28-19(20,21)22;/h6-9,13H,4-5,10-12H2,1-3H3,(H3,23,24,25);1H. The SMILES string of the molecule is CC(C)(C)OC(=O)N1CCCC(CN=C(N)Nc2ccc(OC(F)(F)F)cc2)C1.I. The molecule has 1 unspecified atom stereocenters. The summed E-state index contributed by atoms with van der Waals surface area (Å²) >= 11 is 0. The third-order valence-electron chi connectivity index (χ3n) is 4.05. The van der Waals surface area contributed by atoms with E-state index >= 15 is 0 Å². The zero-order chi connectivity index (χ0) is 21.7. The first kappa shape index (κ1) is 26.1. The first-order valence-electron chi connectivity index (χ1n) is 9.32. The van der Waals surface area contributed by atoms with Gasteiger partial charge in [0.2, 0.25) is 0 Å². The summed E-state index contributed by atoms with van der Waals surface area (Å²) in [5.74, 6) is -0.0222. The van der Waals surface area contributed by atoms with Crippen molar-refractivity contribution in [3.63, 3.8) is 0 Å². The van der Waals surface area contributed by atoms with Gasteiger partial charge in [-0.1, -0.05) is 0 Å². The van der Waals surface area contributed by atoms with Gasteiger partial charge in [-0.2, -0.15) is 0 Å². The third kappa shape index (κ3) is 9.72. The largest absolute Gasteiger partial charge is 0.573 e. The average molecular weight is 544 g/mol. The Balaban J connectivity index is 0.00000450. The molecule has 1 aliphatic heterocycles. The van der Waals surface area contributed by atoms with Crippen molar-refractivity contribution in [2.45, 2.75) is 45.6 Å². The van der Waals surface area contributed by atoms with E-state index in [-0.39, 0.29) is 47.7 Å². The molecule has 170 valence electrons. The number of nitrogens with zero attached hydrogens (tertiary/aromatic N) is 2. The highest BCUT2D eigenvalue weighted by molar-refractivity contribution is 14.0. The van der Waals surface area contributed by atoms with Crippen LogP contribution in [0.25, 0.3) is 0 Å². The van der Waals surface area contributed by atoms with Gasteiger partial charge in [-0.3, -0.25) is 4.99 Å². The lowest BCUT2D eigenvalue weighted by Crippen LogP contribution is -2.43. The number of likely N-dealkylation sites (tertiary alicyclic amines) is 1. The van der Waals surface area contributed by atoms with Crippen molar-refractivity contribution in [3.05, 3.63) is 24.3 Å². The zero-order valence-electron chi connectivity index (χ0n) is 17.2. The molecule has 1 aromatic rings. The number of ether oxygens (including phenoxy) is 2. The van der Waals surface area contributed by atoms with Gasteiger partial charge in [0, 0.05) is 25.3 Å². The fourth-order valence-electron chi connectivity index (χ4n) is 2.86. The molecule has 1 atom stereocenters. The number of piperidine rings is 1. The number of hydrogen-bond donors (Lipinski definition) is 2. The number of nitrogens with two attached hydrogens (primary N) is 1. The van der Waals surface area contributed by atoms with Crippen LogP contribution in [0.1, 0.15) is 33.6 Å². The second-order valence-electron chi connectivity index (χ2n) is 7.86. The van der Waals surface area contributed by atoms with E-state index < -0.39 is 12.0 Å². The fourth-order valence-corrected chi connectivity index (χ4v) is 2.86. The smallest absolute Gasteiger partial charge is 0.444 e. The molecule has 0 aliphatic carbocycles. The molecule has 2 rings (SSSR count). The lowest BCUT2D eigenvalue weighted by atomic mass is 9.98. The number of nitrogens with one attached hydrogen (secondary N) is 1. The number of benzene rings is 1. The number of halogens is 4. The molecule has 1 fully saturated rings. The molecule has 0 saturated carbocycles. The van der Waals surface area contributed by atoms with Gasteiger partial charge < -0.3 is 25.4 Å². The van der Waals surface area contributed by atoms with E-state index in [0.717, 1.165) is 12.8 Å². The third-order valence-corrected chi connectivity index (χ3v) is 4.05. The summed E-state index contributed by atoms with van der Waals surface area (Å²) in [5, 5.41) is 2.82. The maximum Gasteiger partial charge on any atom is 0.573 e. The quantitative estimate of drug-likeness (QED) is 0.329. The molecule has 1 amide bonds. The van der Waals surface area contributed by atoms with Crippen molar-refractivity contribution in [3.8, 4) is 5.75 Å². The second kappa shape index (κ2) is 10.9. The second-order valence-corrected chi connectivity index (χ2v) is 7.86. The Morgan fingerprint density at radius 1 is 1.27 bits per heavy atom. The minimum absolute atomic E-state index is 0.